The Hall–Kier alpha value is -1.03. The Morgan fingerprint density at radius 2 is 2.43 bits per heavy atom. The van der Waals surface area contributed by atoms with Gasteiger partial charge in [0, 0.05) is 6.54 Å². The molecule has 0 unspecified atom stereocenters. The number of nitrogens with zero attached hydrogens (tertiary/aromatic N) is 2. The van der Waals surface area contributed by atoms with Crippen LogP contribution in [-0.2, 0) is 0 Å². The first-order valence-electron chi connectivity index (χ1n) is 4.60. The van der Waals surface area contributed by atoms with E-state index in [4.69, 9.17) is 16.3 Å². The monoisotopic (exact) mass is 213 g/mol. The van der Waals surface area contributed by atoms with Crippen LogP contribution in [0, 0.1) is 5.92 Å². The average Bonchev–Trinajstić information content (AvgIpc) is 3.00. The fourth-order valence-corrected chi connectivity index (χ4v) is 1.29. The largest absolute Gasteiger partial charge is 0.467 e. The normalized spacial score (nSPS) is 15.3. The Balaban J connectivity index is 2.04. The lowest BCUT2D eigenvalue weighted by Gasteiger charge is -2.06. The van der Waals surface area contributed by atoms with E-state index < -0.39 is 0 Å². The molecule has 4 nitrogen and oxygen atoms in total. The van der Waals surface area contributed by atoms with Gasteiger partial charge in [-0.2, -0.15) is 4.98 Å². The molecule has 1 aliphatic rings. The van der Waals surface area contributed by atoms with Crippen molar-refractivity contribution in [3.8, 4) is 6.01 Å². The summed E-state index contributed by atoms with van der Waals surface area (Å²) in [5.74, 6) is 1.44. The Morgan fingerprint density at radius 3 is 3.07 bits per heavy atom. The summed E-state index contributed by atoms with van der Waals surface area (Å²) in [7, 11) is 1.54. The number of hydrogen-bond donors (Lipinski definition) is 1. The van der Waals surface area contributed by atoms with Crippen LogP contribution in [0.25, 0.3) is 0 Å². The molecule has 5 heteroatoms. The average molecular weight is 214 g/mol. The highest BCUT2D eigenvalue weighted by Crippen LogP contribution is 2.29. The van der Waals surface area contributed by atoms with E-state index in [2.05, 4.69) is 15.3 Å². The molecule has 14 heavy (non-hydrogen) atoms. The molecule has 2 rings (SSSR count). The number of hydrogen-bond acceptors (Lipinski definition) is 4. The second-order valence-corrected chi connectivity index (χ2v) is 3.78. The number of halogens is 1. The van der Waals surface area contributed by atoms with Crippen LogP contribution in [0.3, 0.4) is 0 Å². The summed E-state index contributed by atoms with van der Waals surface area (Å²) in [5.41, 5.74) is 0. The molecule has 0 saturated heterocycles. The van der Waals surface area contributed by atoms with Gasteiger partial charge in [-0.25, -0.2) is 4.98 Å². The summed E-state index contributed by atoms with van der Waals surface area (Å²) in [5, 5.41) is 3.72. The SMILES string of the molecule is COc1ncc(Cl)c(NCC2CC2)n1. The van der Waals surface area contributed by atoms with Gasteiger partial charge in [0.05, 0.1) is 13.3 Å². The van der Waals surface area contributed by atoms with E-state index in [1.54, 1.807) is 6.20 Å². The van der Waals surface area contributed by atoms with Gasteiger partial charge >= 0.3 is 6.01 Å². The second kappa shape index (κ2) is 4.00. The van der Waals surface area contributed by atoms with Gasteiger partial charge in [-0.1, -0.05) is 11.6 Å². The fraction of sp³-hybridized carbons (Fsp3) is 0.556. The molecule has 1 N–H and O–H groups in total. The zero-order chi connectivity index (χ0) is 9.97. The van der Waals surface area contributed by atoms with Gasteiger partial charge in [-0.05, 0) is 18.8 Å². The van der Waals surface area contributed by atoms with E-state index >= 15 is 0 Å². The van der Waals surface area contributed by atoms with Gasteiger partial charge < -0.3 is 10.1 Å². The Kier molecular flexibility index (Phi) is 2.72. The lowest BCUT2D eigenvalue weighted by molar-refractivity contribution is 0.380. The molecule has 0 spiro atoms. The quantitative estimate of drug-likeness (QED) is 0.831. The molecule has 76 valence electrons. The molecule has 1 aromatic heterocycles. The Labute approximate surface area is 87.7 Å². The summed E-state index contributed by atoms with van der Waals surface area (Å²) < 4.78 is 4.91. The van der Waals surface area contributed by atoms with Crippen LogP contribution in [0.5, 0.6) is 6.01 Å². The molecule has 0 amide bonds. The molecule has 0 radical (unpaired) electrons. The molecule has 0 bridgehead atoms. The smallest absolute Gasteiger partial charge is 0.318 e. The summed E-state index contributed by atoms with van der Waals surface area (Å²) in [6.07, 6.45) is 4.14. The molecular weight excluding hydrogens is 202 g/mol. The highest BCUT2D eigenvalue weighted by Gasteiger charge is 2.21. The first-order valence-corrected chi connectivity index (χ1v) is 4.98. The first-order chi connectivity index (χ1) is 6.79. The molecule has 1 aromatic rings. The third-order valence-electron chi connectivity index (χ3n) is 2.16. The Bertz CT molecular complexity index is 328. The summed E-state index contributed by atoms with van der Waals surface area (Å²) in [4.78, 5) is 8.01. The zero-order valence-corrected chi connectivity index (χ0v) is 8.71. The summed E-state index contributed by atoms with van der Waals surface area (Å²) in [6, 6.07) is 0.340. The van der Waals surface area contributed by atoms with E-state index in [1.165, 1.54) is 20.0 Å². The van der Waals surface area contributed by atoms with Crippen molar-refractivity contribution in [2.75, 3.05) is 19.0 Å². The molecule has 0 aromatic carbocycles. The number of aromatic nitrogens is 2. The lowest BCUT2D eigenvalue weighted by atomic mass is 10.4. The highest BCUT2D eigenvalue weighted by molar-refractivity contribution is 6.32. The topological polar surface area (TPSA) is 47.0 Å². The van der Waals surface area contributed by atoms with E-state index in [1.807, 2.05) is 0 Å². The molecule has 1 fully saturated rings. The van der Waals surface area contributed by atoms with Crippen molar-refractivity contribution in [3.63, 3.8) is 0 Å². The fourth-order valence-electron chi connectivity index (χ4n) is 1.14. The second-order valence-electron chi connectivity index (χ2n) is 3.38. The van der Waals surface area contributed by atoms with Gasteiger partial charge in [-0.3, -0.25) is 0 Å². The number of rotatable bonds is 4. The molecule has 1 saturated carbocycles. The standard InChI is InChI=1S/C9H12ClN3O/c1-14-9-12-5-7(10)8(13-9)11-4-6-2-3-6/h5-6H,2-4H2,1H3,(H,11,12,13). The minimum Gasteiger partial charge on any atom is -0.467 e. The number of anilines is 1. The van der Waals surface area contributed by atoms with Crippen LogP contribution in [0.15, 0.2) is 6.20 Å². The van der Waals surface area contributed by atoms with Crippen molar-refractivity contribution in [1.82, 2.24) is 9.97 Å². The molecule has 0 atom stereocenters. The summed E-state index contributed by atoms with van der Waals surface area (Å²) >= 11 is 5.91. The van der Waals surface area contributed by atoms with E-state index in [0.29, 0.717) is 16.9 Å². The van der Waals surface area contributed by atoms with Crippen LogP contribution in [-0.4, -0.2) is 23.6 Å². The van der Waals surface area contributed by atoms with E-state index in [9.17, 15) is 0 Å². The number of nitrogens with one attached hydrogen (secondary N) is 1. The maximum absolute atomic E-state index is 5.91. The predicted molar refractivity (Wildman–Crippen MR) is 54.8 cm³/mol. The minimum absolute atomic E-state index is 0.340. The number of ether oxygens (including phenoxy) is 1. The van der Waals surface area contributed by atoms with Gasteiger partial charge in [0.2, 0.25) is 0 Å². The molecule has 0 aliphatic heterocycles. The highest BCUT2D eigenvalue weighted by atomic mass is 35.5. The zero-order valence-electron chi connectivity index (χ0n) is 7.96. The van der Waals surface area contributed by atoms with E-state index in [-0.39, 0.29) is 0 Å². The number of methoxy groups -OCH3 is 1. The van der Waals surface area contributed by atoms with Crippen molar-refractivity contribution in [1.29, 1.82) is 0 Å². The van der Waals surface area contributed by atoms with Crippen molar-refractivity contribution >= 4 is 17.4 Å². The third kappa shape index (κ3) is 2.26. The maximum Gasteiger partial charge on any atom is 0.318 e. The van der Waals surface area contributed by atoms with Crippen molar-refractivity contribution in [2.24, 2.45) is 5.92 Å². The maximum atomic E-state index is 5.91. The van der Waals surface area contributed by atoms with Crippen LogP contribution >= 0.6 is 11.6 Å². The minimum atomic E-state index is 0.340. The lowest BCUT2D eigenvalue weighted by Crippen LogP contribution is -2.06. The molecule has 1 heterocycles. The Morgan fingerprint density at radius 1 is 1.64 bits per heavy atom. The van der Waals surface area contributed by atoms with Crippen molar-refractivity contribution in [3.05, 3.63) is 11.2 Å². The van der Waals surface area contributed by atoms with Gasteiger partial charge in [0.15, 0.2) is 5.82 Å². The first kappa shape index (κ1) is 9.52. The molecular formula is C9H12ClN3O. The van der Waals surface area contributed by atoms with Gasteiger partial charge in [0.1, 0.15) is 5.02 Å². The van der Waals surface area contributed by atoms with Crippen LogP contribution < -0.4 is 10.1 Å². The van der Waals surface area contributed by atoms with E-state index in [0.717, 1.165) is 12.5 Å². The third-order valence-corrected chi connectivity index (χ3v) is 2.44. The van der Waals surface area contributed by atoms with Crippen molar-refractivity contribution in [2.45, 2.75) is 12.8 Å². The molecule has 1 aliphatic carbocycles. The summed E-state index contributed by atoms with van der Waals surface area (Å²) in [6.45, 7) is 0.930. The van der Waals surface area contributed by atoms with Crippen LogP contribution in [0.2, 0.25) is 5.02 Å². The van der Waals surface area contributed by atoms with Crippen LogP contribution in [0.1, 0.15) is 12.8 Å². The predicted octanol–water partition coefficient (Wildman–Crippen LogP) is 1.96. The van der Waals surface area contributed by atoms with Crippen LogP contribution in [0.4, 0.5) is 5.82 Å². The van der Waals surface area contributed by atoms with Gasteiger partial charge in [-0.15, -0.1) is 0 Å². The van der Waals surface area contributed by atoms with Crippen molar-refractivity contribution < 1.29 is 4.74 Å². The van der Waals surface area contributed by atoms with Gasteiger partial charge in [0.25, 0.3) is 0 Å².